The van der Waals surface area contributed by atoms with Crippen molar-refractivity contribution in [2.24, 2.45) is 7.05 Å². The highest BCUT2D eigenvalue weighted by Gasteiger charge is 2.63. The molecule has 0 aliphatic rings. The van der Waals surface area contributed by atoms with Gasteiger partial charge in [0.25, 0.3) is 0 Å². The van der Waals surface area contributed by atoms with Gasteiger partial charge in [-0.2, -0.15) is 35.1 Å². The molecular weight excluding hydrogens is 472 g/mol. The lowest BCUT2D eigenvalue weighted by Gasteiger charge is -2.29. The third-order valence-corrected chi connectivity index (χ3v) is 3.70. The molecule has 33 heavy (non-hydrogen) atoms. The number of aryl methyl sites for hydroxylation is 1. The minimum absolute atomic E-state index is 0.0120. The van der Waals surface area contributed by atoms with Crippen LogP contribution in [0.5, 0.6) is 0 Å². The predicted molar refractivity (Wildman–Crippen MR) is 99.8 cm³/mol. The largest absolute Gasteiger partial charge is 0.459 e. The third kappa shape index (κ3) is 6.97. The van der Waals surface area contributed by atoms with E-state index in [1.54, 1.807) is 0 Å². The fourth-order valence-corrected chi connectivity index (χ4v) is 2.66. The Hall–Kier alpha value is -2.54. The summed E-state index contributed by atoms with van der Waals surface area (Å²) in [5, 5.41) is 0. The van der Waals surface area contributed by atoms with E-state index >= 15 is 0 Å². The van der Waals surface area contributed by atoms with E-state index < -0.39 is 65.0 Å². The molecular formula is C19H24F8N2O4. The smallest absolute Gasteiger partial charge is 0.458 e. The van der Waals surface area contributed by atoms with E-state index in [1.807, 2.05) is 0 Å². The van der Waals surface area contributed by atoms with Crippen LogP contribution in [-0.4, -0.2) is 40.6 Å². The predicted octanol–water partition coefficient (Wildman–Crippen LogP) is 5.78. The molecule has 0 aliphatic carbocycles. The molecule has 0 saturated heterocycles. The summed E-state index contributed by atoms with van der Waals surface area (Å²) in [5.41, 5.74) is -7.34. The zero-order valence-electron chi connectivity index (χ0n) is 18.8. The maximum absolute atomic E-state index is 14.0. The van der Waals surface area contributed by atoms with E-state index in [2.05, 4.69) is 0 Å². The molecule has 14 heteroatoms. The van der Waals surface area contributed by atoms with E-state index in [0.717, 1.165) is 0 Å². The van der Waals surface area contributed by atoms with Gasteiger partial charge in [-0.25, -0.2) is 4.79 Å². The second kappa shape index (κ2) is 8.67. The van der Waals surface area contributed by atoms with Crippen molar-refractivity contribution in [3.8, 4) is 0 Å². The molecule has 0 spiro atoms. The molecule has 1 heterocycles. The molecule has 1 amide bonds. The number of carbonyl (C=O) groups excluding carboxylic acids is 2. The van der Waals surface area contributed by atoms with Crippen LogP contribution < -0.4 is 4.90 Å². The maximum atomic E-state index is 14.0. The molecule has 0 N–H and O–H groups in total. The third-order valence-electron chi connectivity index (χ3n) is 3.70. The van der Waals surface area contributed by atoms with E-state index in [0.29, 0.717) is 7.05 Å². The van der Waals surface area contributed by atoms with Gasteiger partial charge in [-0.3, -0.25) is 9.69 Å². The topological polar surface area (TPSA) is 60.8 Å². The van der Waals surface area contributed by atoms with Crippen molar-refractivity contribution in [2.75, 3.05) is 11.4 Å². The molecule has 1 rings (SSSR count). The summed E-state index contributed by atoms with van der Waals surface area (Å²) in [7, 11) is 0.715. The molecule has 0 aliphatic heterocycles. The van der Waals surface area contributed by atoms with Gasteiger partial charge in [-0.15, -0.1) is 0 Å². The molecule has 6 nitrogen and oxygen atoms in total. The van der Waals surface area contributed by atoms with Crippen LogP contribution >= 0.6 is 0 Å². The molecule has 1 aromatic heterocycles. The number of hydrogen-bond donors (Lipinski definition) is 0. The lowest BCUT2D eigenvalue weighted by molar-refractivity contribution is -0.290. The van der Waals surface area contributed by atoms with Gasteiger partial charge in [0.15, 0.2) is 0 Å². The molecule has 0 unspecified atom stereocenters. The van der Waals surface area contributed by atoms with Gasteiger partial charge >= 0.3 is 30.3 Å². The number of amides is 1. The Balaban J connectivity index is 3.83. The molecule has 0 aromatic carbocycles. The normalized spacial score (nSPS) is 13.7. The first-order valence-electron chi connectivity index (χ1n) is 9.32. The van der Waals surface area contributed by atoms with E-state index in [9.17, 15) is 44.7 Å². The number of hydrogen-bond acceptors (Lipinski definition) is 4. The van der Waals surface area contributed by atoms with Crippen molar-refractivity contribution in [1.29, 1.82) is 0 Å². The molecule has 0 fully saturated rings. The lowest BCUT2D eigenvalue weighted by Crippen LogP contribution is -2.43. The standard InChI is InChI=1S/C19H24F8N2O4/c1-15(2,3)32-11(30)9-29(14(31)33-16(4,5)6)13-12(18(22,23)24)10(8-28(13)7)17(20,21)19(25,26)27/h8H,9H2,1-7H3. The van der Waals surface area contributed by atoms with Gasteiger partial charge < -0.3 is 14.0 Å². The monoisotopic (exact) mass is 496 g/mol. The number of halogens is 8. The van der Waals surface area contributed by atoms with Crippen LogP contribution in [0.3, 0.4) is 0 Å². The average Bonchev–Trinajstić information content (AvgIpc) is 2.86. The first-order valence-corrected chi connectivity index (χ1v) is 9.32. The van der Waals surface area contributed by atoms with Gasteiger partial charge in [0.05, 0.1) is 5.56 Å². The molecule has 190 valence electrons. The van der Waals surface area contributed by atoms with Crippen molar-refractivity contribution >= 4 is 17.9 Å². The van der Waals surface area contributed by atoms with Gasteiger partial charge in [-0.05, 0) is 41.5 Å². The van der Waals surface area contributed by atoms with Crippen LogP contribution in [0, 0.1) is 0 Å². The first-order chi connectivity index (χ1) is 14.4. The molecule has 0 bridgehead atoms. The summed E-state index contributed by atoms with van der Waals surface area (Å²) in [6.07, 6.45) is -13.8. The molecule has 0 atom stereocenters. The Labute approximate surface area is 184 Å². The highest BCUT2D eigenvalue weighted by atomic mass is 19.4. The summed E-state index contributed by atoms with van der Waals surface area (Å²) in [6, 6.07) is 0. The zero-order valence-corrected chi connectivity index (χ0v) is 18.8. The fourth-order valence-electron chi connectivity index (χ4n) is 2.66. The van der Waals surface area contributed by atoms with Crippen LogP contribution in [0.15, 0.2) is 6.20 Å². The summed E-state index contributed by atoms with van der Waals surface area (Å²) < 4.78 is 118. The Kier molecular flexibility index (Phi) is 7.49. The fraction of sp³-hybridized carbons (Fsp3) is 0.684. The van der Waals surface area contributed by atoms with Gasteiger partial charge in [-0.1, -0.05) is 0 Å². The summed E-state index contributed by atoms with van der Waals surface area (Å²) >= 11 is 0. The average molecular weight is 496 g/mol. The number of aromatic nitrogens is 1. The summed E-state index contributed by atoms with van der Waals surface area (Å²) in [5.74, 6) is -8.62. The number of carbonyl (C=O) groups is 2. The Morgan fingerprint density at radius 3 is 1.70 bits per heavy atom. The van der Waals surface area contributed by atoms with Crippen LogP contribution in [0.4, 0.5) is 45.7 Å². The van der Waals surface area contributed by atoms with E-state index in [4.69, 9.17) is 9.47 Å². The summed E-state index contributed by atoms with van der Waals surface area (Å²) in [4.78, 5) is 24.9. The number of alkyl halides is 8. The van der Waals surface area contributed by atoms with Gasteiger partial charge in [0.2, 0.25) is 0 Å². The van der Waals surface area contributed by atoms with E-state index in [-0.39, 0.29) is 15.7 Å². The Morgan fingerprint density at radius 1 is 0.879 bits per heavy atom. The molecule has 0 saturated carbocycles. The van der Waals surface area contributed by atoms with Gasteiger partial charge in [0, 0.05) is 13.2 Å². The van der Waals surface area contributed by atoms with Gasteiger partial charge in [0.1, 0.15) is 29.1 Å². The number of rotatable bonds is 4. The maximum Gasteiger partial charge on any atom is 0.458 e. The minimum Gasteiger partial charge on any atom is -0.459 e. The Bertz CT molecular complexity index is 890. The summed E-state index contributed by atoms with van der Waals surface area (Å²) in [6.45, 7) is 6.96. The van der Waals surface area contributed by atoms with Crippen molar-refractivity contribution in [3.63, 3.8) is 0 Å². The molecule has 1 aromatic rings. The highest BCUT2D eigenvalue weighted by molar-refractivity contribution is 5.94. The van der Waals surface area contributed by atoms with Crippen molar-refractivity contribution in [2.45, 2.75) is 71.0 Å². The minimum atomic E-state index is -6.37. The SMILES string of the molecule is Cn1cc(C(F)(F)C(F)(F)F)c(C(F)(F)F)c1N(CC(=O)OC(C)(C)C)C(=O)OC(C)(C)C. The van der Waals surface area contributed by atoms with Crippen molar-refractivity contribution < 1.29 is 54.2 Å². The van der Waals surface area contributed by atoms with Crippen LogP contribution in [0.2, 0.25) is 0 Å². The van der Waals surface area contributed by atoms with Crippen LogP contribution in [0.25, 0.3) is 0 Å². The highest BCUT2D eigenvalue weighted by Crippen LogP contribution is 2.51. The van der Waals surface area contributed by atoms with E-state index in [1.165, 1.54) is 41.5 Å². The second-order valence-corrected chi connectivity index (χ2v) is 9.08. The van der Waals surface area contributed by atoms with Crippen molar-refractivity contribution in [3.05, 3.63) is 17.3 Å². The van der Waals surface area contributed by atoms with Crippen LogP contribution in [0.1, 0.15) is 52.7 Å². The van der Waals surface area contributed by atoms with Crippen molar-refractivity contribution in [1.82, 2.24) is 4.57 Å². The Morgan fingerprint density at radius 2 is 1.33 bits per heavy atom. The molecule has 0 radical (unpaired) electrons. The lowest BCUT2D eigenvalue weighted by atomic mass is 10.1. The number of esters is 1. The second-order valence-electron chi connectivity index (χ2n) is 9.08. The zero-order chi connectivity index (χ0) is 26.4. The first kappa shape index (κ1) is 28.5. The number of anilines is 1. The van der Waals surface area contributed by atoms with Crippen LogP contribution in [-0.2, 0) is 33.4 Å². The quantitative estimate of drug-likeness (QED) is 0.392. The number of nitrogens with zero attached hydrogens (tertiary/aromatic N) is 2. The number of ether oxygens (including phenoxy) is 2.